The third-order valence-electron chi connectivity index (χ3n) is 4.26. The Bertz CT molecular complexity index is 653. The maximum atomic E-state index is 12.8. The smallest absolute Gasteiger partial charge is 0.264 e. The van der Waals surface area contributed by atoms with Crippen molar-refractivity contribution in [3.63, 3.8) is 0 Å². The second-order valence-corrected chi connectivity index (χ2v) is 6.51. The van der Waals surface area contributed by atoms with E-state index in [9.17, 15) is 4.79 Å². The number of fused-ring (bicyclic) bond motifs is 1. The predicted octanol–water partition coefficient (Wildman–Crippen LogP) is 2.94. The number of carbonyl (C=O) groups excluding carboxylic acids is 1. The van der Waals surface area contributed by atoms with Crippen LogP contribution in [0.3, 0.4) is 0 Å². The van der Waals surface area contributed by atoms with Gasteiger partial charge in [-0.05, 0) is 35.4 Å². The Labute approximate surface area is 135 Å². The number of nitrogens with zero attached hydrogens (tertiary/aromatic N) is 2. The van der Waals surface area contributed by atoms with Crippen LogP contribution in [0.15, 0.2) is 29.9 Å². The molecule has 1 aliphatic heterocycles. The maximum Gasteiger partial charge on any atom is 0.264 e. The topological polar surface area (TPSA) is 59.2 Å². The van der Waals surface area contributed by atoms with E-state index in [-0.39, 0.29) is 11.9 Å². The molecule has 116 valence electrons. The van der Waals surface area contributed by atoms with Gasteiger partial charge in [0.1, 0.15) is 0 Å². The van der Waals surface area contributed by atoms with Crippen LogP contribution in [-0.2, 0) is 6.42 Å². The first kappa shape index (κ1) is 15.2. The summed E-state index contributed by atoms with van der Waals surface area (Å²) >= 11 is 1.54. The van der Waals surface area contributed by atoms with Crippen LogP contribution in [0.4, 0.5) is 0 Å². The van der Waals surface area contributed by atoms with E-state index >= 15 is 0 Å². The molecular formula is C17H21N3OS. The van der Waals surface area contributed by atoms with Gasteiger partial charge in [0, 0.05) is 37.1 Å². The summed E-state index contributed by atoms with van der Waals surface area (Å²) in [5.74, 6) is 0.144. The van der Waals surface area contributed by atoms with Gasteiger partial charge in [-0.25, -0.2) is 0 Å². The lowest BCUT2D eigenvalue weighted by Crippen LogP contribution is -2.47. The molecule has 1 amide bonds. The average Bonchev–Trinajstić information content (AvgIpc) is 2.99. The molecule has 0 fully saturated rings. The standard InChI is InChI=1S/C17H21N3OS/c1-2-4-13(9-18)20-8-6-14-15(11-22-16(14)17(20)21)12-5-3-7-19-10-12/h3,5,7,10-11,13H,2,4,6,8-9,18H2,1H3. The highest BCUT2D eigenvalue weighted by Crippen LogP contribution is 2.35. The van der Waals surface area contributed by atoms with Crippen molar-refractivity contribution in [1.29, 1.82) is 0 Å². The molecule has 3 rings (SSSR count). The third kappa shape index (κ3) is 2.66. The number of carbonyl (C=O) groups is 1. The molecule has 1 aliphatic rings. The van der Waals surface area contributed by atoms with Crippen LogP contribution in [0.25, 0.3) is 11.1 Å². The third-order valence-corrected chi connectivity index (χ3v) is 5.27. The van der Waals surface area contributed by atoms with Crippen LogP contribution in [-0.4, -0.2) is 34.9 Å². The Morgan fingerprint density at radius 3 is 3.05 bits per heavy atom. The molecule has 4 nitrogen and oxygen atoms in total. The molecule has 0 bridgehead atoms. The molecule has 2 N–H and O–H groups in total. The predicted molar refractivity (Wildman–Crippen MR) is 90.0 cm³/mol. The normalized spacial score (nSPS) is 15.7. The lowest BCUT2D eigenvalue weighted by atomic mass is 9.97. The molecule has 5 heteroatoms. The number of rotatable bonds is 5. The van der Waals surface area contributed by atoms with Gasteiger partial charge in [0.2, 0.25) is 0 Å². The number of pyridine rings is 1. The summed E-state index contributed by atoms with van der Waals surface area (Å²) in [6.45, 7) is 3.43. The summed E-state index contributed by atoms with van der Waals surface area (Å²) in [6, 6.07) is 4.14. The van der Waals surface area contributed by atoms with Crippen LogP contribution in [0.2, 0.25) is 0 Å². The van der Waals surface area contributed by atoms with Crippen LogP contribution in [0, 0.1) is 0 Å². The average molecular weight is 315 g/mol. The number of aromatic nitrogens is 1. The largest absolute Gasteiger partial charge is 0.333 e. The zero-order valence-electron chi connectivity index (χ0n) is 12.8. The van der Waals surface area contributed by atoms with E-state index in [1.165, 1.54) is 5.56 Å². The van der Waals surface area contributed by atoms with Gasteiger partial charge in [0.15, 0.2) is 0 Å². The number of hydrogen-bond acceptors (Lipinski definition) is 4. The van der Waals surface area contributed by atoms with E-state index in [1.807, 2.05) is 23.2 Å². The number of hydrogen-bond donors (Lipinski definition) is 1. The molecule has 0 radical (unpaired) electrons. The number of nitrogens with two attached hydrogens (primary N) is 1. The Kier molecular flexibility index (Phi) is 4.55. The highest BCUT2D eigenvalue weighted by atomic mass is 32.1. The number of thiophene rings is 1. The Hall–Kier alpha value is -1.72. The second kappa shape index (κ2) is 6.58. The van der Waals surface area contributed by atoms with E-state index in [0.717, 1.165) is 41.8 Å². The lowest BCUT2D eigenvalue weighted by molar-refractivity contribution is 0.0662. The minimum absolute atomic E-state index is 0.144. The molecule has 0 spiro atoms. The minimum Gasteiger partial charge on any atom is -0.333 e. The molecule has 22 heavy (non-hydrogen) atoms. The highest BCUT2D eigenvalue weighted by Gasteiger charge is 2.31. The van der Waals surface area contributed by atoms with Crippen molar-refractivity contribution >= 4 is 17.2 Å². The second-order valence-electron chi connectivity index (χ2n) is 5.63. The van der Waals surface area contributed by atoms with Crippen molar-refractivity contribution in [3.05, 3.63) is 40.3 Å². The van der Waals surface area contributed by atoms with Crippen LogP contribution >= 0.6 is 11.3 Å². The highest BCUT2D eigenvalue weighted by molar-refractivity contribution is 7.12. The van der Waals surface area contributed by atoms with E-state index < -0.39 is 0 Å². The Morgan fingerprint density at radius 1 is 1.50 bits per heavy atom. The SMILES string of the molecule is CCCC(CN)N1CCc2c(-c3cccnc3)csc2C1=O. The van der Waals surface area contributed by atoms with Crippen LogP contribution < -0.4 is 5.73 Å². The Morgan fingerprint density at radius 2 is 2.36 bits per heavy atom. The fourth-order valence-electron chi connectivity index (χ4n) is 3.12. The first-order valence-corrected chi connectivity index (χ1v) is 8.66. The number of amides is 1. The van der Waals surface area contributed by atoms with Crippen molar-refractivity contribution < 1.29 is 4.79 Å². The first-order valence-electron chi connectivity index (χ1n) is 7.78. The van der Waals surface area contributed by atoms with Gasteiger partial charge < -0.3 is 10.6 Å². The molecule has 1 unspecified atom stereocenters. The van der Waals surface area contributed by atoms with Gasteiger partial charge in [-0.3, -0.25) is 9.78 Å². The summed E-state index contributed by atoms with van der Waals surface area (Å²) in [7, 11) is 0. The van der Waals surface area contributed by atoms with Crippen molar-refractivity contribution in [1.82, 2.24) is 9.88 Å². The van der Waals surface area contributed by atoms with Gasteiger partial charge in [0.25, 0.3) is 5.91 Å². The molecule has 0 saturated heterocycles. The van der Waals surface area contributed by atoms with Crippen LogP contribution in [0.1, 0.15) is 35.0 Å². The summed E-state index contributed by atoms with van der Waals surface area (Å²) in [5.41, 5.74) is 9.28. The monoisotopic (exact) mass is 315 g/mol. The van der Waals surface area contributed by atoms with Gasteiger partial charge in [-0.2, -0.15) is 0 Å². The van der Waals surface area contributed by atoms with Gasteiger partial charge in [-0.15, -0.1) is 11.3 Å². The van der Waals surface area contributed by atoms with Crippen molar-refractivity contribution in [2.45, 2.75) is 32.2 Å². The van der Waals surface area contributed by atoms with E-state index in [1.54, 1.807) is 17.5 Å². The van der Waals surface area contributed by atoms with E-state index in [2.05, 4.69) is 17.3 Å². The van der Waals surface area contributed by atoms with Crippen LogP contribution in [0.5, 0.6) is 0 Å². The summed E-state index contributed by atoms with van der Waals surface area (Å²) < 4.78 is 0. The van der Waals surface area contributed by atoms with Gasteiger partial charge in [-0.1, -0.05) is 19.4 Å². The van der Waals surface area contributed by atoms with Gasteiger partial charge >= 0.3 is 0 Å². The summed E-state index contributed by atoms with van der Waals surface area (Å²) in [6.07, 6.45) is 6.54. The fourth-order valence-corrected chi connectivity index (χ4v) is 4.21. The molecule has 0 aliphatic carbocycles. The zero-order valence-corrected chi connectivity index (χ0v) is 13.6. The quantitative estimate of drug-likeness (QED) is 0.923. The molecule has 0 aromatic carbocycles. The van der Waals surface area contributed by atoms with Gasteiger partial charge in [0.05, 0.1) is 4.88 Å². The zero-order chi connectivity index (χ0) is 15.5. The molecule has 2 aromatic heterocycles. The maximum absolute atomic E-state index is 12.8. The van der Waals surface area contributed by atoms with Crippen molar-refractivity contribution in [2.24, 2.45) is 5.73 Å². The molecule has 1 atom stereocenters. The summed E-state index contributed by atoms with van der Waals surface area (Å²) in [4.78, 5) is 19.8. The fraction of sp³-hybridized carbons (Fsp3) is 0.412. The van der Waals surface area contributed by atoms with Crippen molar-refractivity contribution in [2.75, 3.05) is 13.1 Å². The van der Waals surface area contributed by atoms with Crippen molar-refractivity contribution in [3.8, 4) is 11.1 Å². The van der Waals surface area contributed by atoms with E-state index in [0.29, 0.717) is 6.54 Å². The lowest BCUT2D eigenvalue weighted by Gasteiger charge is -2.34. The molecular weight excluding hydrogens is 294 g/mol. The molecule has 0 saturated carbocycles. The Balaban J connectivity index is 1.91. The molecule has 2 aromatic rings. The first-order chi connectivity index (χ1) is 10.8. The minimum atomic E-state index is 0.144. The molecule has 3 heterocycles. The van der Waals surface area contributed by atoms with E-state index in [4.69, 9.17) is 5.73 Å². The summed E-state index contributed by atoms with van der Waals surface area (Å²) in [5, 5.41) is 2.08.